The van der Waals surface area contributed by atoms with Crippen LogP contribution in [0.5, 0.6) is 0 Å². The lowest BCUT2D eigenvalue weighted by atomic mass is 10.4. The zero-order chi connectivity index (χ0) is 16.2. The van der Waals surface area contributed by atoms with Crippen LogP contribution in [0, 0.1) is 0 Å². The molecule has 0 atom stereocenters. The molecule has 0 aliphatic heterocycles. The monoisotopic (exact) mass is 407 g/mol. The maximum atomic E-state index is 6.17. The van der Waals surface area contributed by atoms with E-state index in [0.29, 0.717) is 27.4 Å². The molecule has 2 heterocycles. The van der Waals surface area contributed by atoms with Crippen molar-refractivity contribution >= 4 is 56.6 Å². The number of nitrogen functional groups attached to an aromatic ring is 1. The molecular formula is C15H11BrClN5S. The van der Waals surface area contributed by atoms with E-state index in [0.717, 1.165) is 9.37 Å². The summed E-state index contributed by atoms with van der Waals surface area (Å²) in [5.74, 6) is 1.17. The predicted octanol–water partition coefficient (Wildman–Crippen LogP) is 4.76. The van der Waals surface area contributed by atoms with E-state index in [1.807, 2.05) is 36.4 Å². The first kappa shape index (κ1) is 16.0. The Labute approximate surface area is 150 Å². The highest BCUT2D eigenvalue weighted by Gasteiger charge is 2.10. The number of hydrogen-bond acceptors (Lipinski definition) is 6. The molecule has 5 nitrogen and oxygen atoms in total. The van der Waals surface area contributed by atoms with Gasteiger partial charge < -0.3 is 11.1 Å². The lowest BCUT2D eigenvalue weighted by Crippen LogP contribution is -2.03. The van der Waals surface area contributed by atoms with E-state index in [2.05, 4.69) is 36.2 Å². The van der Waals surface area contributed by atoms with Crippen LogP contribution in [-0.4, -0.2) is 15.0 Å². The van der Waals surface area contributed by atoms with Crippen molar-refractivity contribution in [1.82, 2.24) is 15.0 Å². The summed E-state index contributed by atoms with van der Waals surface area (Å²) < 4.78 is 0.901. The first-order valence-corrected chi connectivity index (χ1v) is 8.53. The second-order valence-electron chi connectivity index (χ2n) is 4.48. The van der Waals surface area contributed by atoms with Gasteiger partial charge in [-0.2, -0.15) is 0 Å². The van der Waals surface area contributed by atoms with E-state index in [1.165, 1.54) is 18.1 Å². The Bertz CT molecular complexity index is 745. The Morgan fingerprint density at radius 1 is 1.04 bits per heavy atom. The van der Waals surface area contributed by atoms with Crippen LogP contribution in [-0.2, 0) is 0 Å². The summed E-state index contributed by atoms with van der Waals surface area (Å²) in [5.41, 5.74) is 6.64. The van der Waals surface area contributed by atoms with Gasteiger partial charge in [0.1, 0.15) is 22.9 Å². The van der Waals surface area contributed by atoms with Gasteiger partial charge in [-0.05, 0) is 52.3 Å². The third-order valence-electron chi connectivity index (χ3n) is 2.85. The molecule has 3 N–H and O–H groups in total. The molecule has 2 aromatic heterocycles. The molecule has 0 saturated heterocycles. The maximum absolute atomic E-state index is 6.17. The number of nitrogens with two attached hydrogens (primary N) is 1. The number of aromatic nitrogens is 3. The Morgan fingerprint density at radius 3 is 2.52 bits per heavy atom. The molecule has 8 heteroatoms. The highest BCUT2D eigenvalue weighted by molar-refractivity contribution is 9.10. The van der Waals surface area contributed by atoms with Crippen LogP contribution in [0.1, 0.15) is 0 Å². The van der Waals surface area contributed by atoms with Gasteiger partial charge >= 0.3 is 0 Å². The molecule has 0 unspecified atom stereocenters. The van der Waals surface area contributed by atoms with Crippen LogP contribution in [0.25, 0.3) is 0 Å². The van der Waals surface area contributed by atoms with Gasteiger partial charge in [-0.1, -0.05) is 23.4 Å². The van der Waals surface area contributed by atoms with Crippen LogP contribution in [0.15, 0.2) is 63.3 Å². The fourth-order valence-corrected chi connectivity index (χ4v) is 2.91. The Kier molecular flexibility index (Phi) is 5.00. The molecule has 23 heavy (non-hydrogen) atoms. The molecule has 0 aliphatic carbocycles. The number of benzene rings is 1. The van der Waals surface area contributed by atoms with Gasteiger partial charge in [0.2, 0.25) is 0 Å². The second kappa shape index (κ2) is 7.16. The van der Waals surface area contributed by atoms with Gasteiger partial charge in [0.25, 0.3) is 0 Å². The number of nitrogens with one attached hydrogen (secondary N) is 1. The number of pyridine rings is 1. The van der Waals surface area contributed by atoms with Crippen LogP contribution in [0.3, 0.4) is 0 Å². The molecule has 0 amide bonds. The average Bonchev–Trinajstić information content (AvgIpc) is 2.55. The van der Waals surface area contributed by atoms with Crippen molar-refractivity contribution in [2.45, 2.75) is 9.92 Å². The largest absolute Gasteiger partial charge is 0.394 e. The number of anilines is 3. The van der Waals surface area contributed by atoms with Gasteiger partial charge in [0.05, 0.1) is 0 Å². The van der Waals surface area contributed by atoms with Crippen molar-refractivity contribution in [3.63, 3.8) is 0 Å². The van der Waals surface area contributed by atoms with E-state index < -0.39 is 0 Å². The maximum Gasteiger partial charge on any atom is 0.159 e. The standard InChI is InChI=1S/C15H11BrClN5S/c16-9-1-6-12(19-7-9)22-14-13(18)15(21-8-20-14)23-11-4-2-10(17)3-5-11/h1-8H,18H2,(H,19,20,21,22). The minimum atomic E-state index is 0.470. The highest BCUT2D eigenvalue weighted by Crippen LogP contribution is 2.34. The van der Waals surface area contributed by atoms with Crippen LogP contribution < -0.4 is 11.1 Å². The average molecular weight is 409 g/mol. The number of halogens is 2. The van der Waals surface area contributed by atoms with E-state index in [4.69, 9.17) is 17.3 Å². The van der Waals surface area contributed by atoms with Gasteiger partial charge in [0, 0.05) is 20.6 Å². The minimum Gasteiger partial charge on any atom is -0.394 e. The summed E-state index contributed by atoms with van der Waals surface area (Å²) in [6.45, 7) is 0. The Balaban J connectivity index is 1.83. The van der Waals surface area contributed by atoms with Crippen molar-refractivity contribution in [3.05, 3.63) is 58.4 Å². The smallest absolute Gasteiger partial charge is 0.159 e. The number of nitrogens with zero attached hydrogens (tertiary/aromatic N) is 3. The van der Waals surface area contributed by atoms with Crippen molar-refractivity contribution in [2.24, 2.45) is 0 Å². The quantitative estimate of drug-likeness (QED) is 0.606. The Morgan fingerprint density at radius 2 is 1.83 bits per heavy atom. The fraction of sp³-hybridized carbons (Fsp3) is 0. The first-order valence-electron chi connectivity index (χ1n) is 6.54. The van der Waals surface area contributed by atoms with Gasteiger partial charge in [0.15, 0.2) is 5.82 Å². The molecule has 3 rings (SSSR count). The third-order valence-corrected chi connectivity index (χ3v) is 4.60. The van der Waals surface area contributed by atoms with E-state index >= 15 is 0 Å². The number of hydrogen-bond donors (Lipinski definition) is 2. The molecule has 0 fully saturated rings. The summed E-state index contributed by atoms with van der Waals surface area (Å²) in [6, 6.07) is 11.2. The molecule has 3 aromatic rings. The van der Waals surface area contributed by atoms with E-state index in [1.54, 1.807) is 6.20 Å². The molecule has 0 spiro atoms. The van der Waals surface area contributed by atoms with Gasteiger partial charge in [-0.3, -0.25) is 0 Å². The molecule has 0 saturated carbocycles. The molecule has 0 bridgehead atoms. The zero-order valence-electron chi connectivity index (χ0n) is 11.7. The summed E-state index contributed by atoms with van der Waals surface area (Å²) >= 11 is 10.7. The molecule has 116 valence electrons. The molecule has 1 aromatic carbocycles. The second-order valence-corrected chi connectivity index (χ2v) is 6.90. The van der Waals surface area contributed by atoms with Crippen LogP contribution >= 0.6 is 39.3 Å². The lowest BCUT2D eigenvalue weighted by molar-refractivity contribution is 1.06. The normalized spacial score (nSPS) is 10.5. The fourth-order valence-electron chi connectivity index (χ4n) is 1.75. The minimum absolute atomic E-state index is 0.470. The van der Waals surface area contributed by atoms with Crippen molar-refractivity contribution in [3.8, 4) is 0 Å². The molecule has 0 aliphatic rings. The van der Waals surface area contributed by atoms with E-state index in [9.17, 15) is 0 Å². The van der Waals surface area contributed by atoms with Crippen molar-refractivity contribution in [2.75, 3.05) is 11.1 Å². The lowest BCUT2D eigenvalue weighted by Gasteiger charge is -2.10. The Hall–Kier alpha value is -1.83. The summed E-state index contributed by atoms with van der Waals surface area (Å²) in [7, 11) is 0. The van der Waals surface area contributed by atoms with Crippen molar-refractivity contribution in [1.29, 1.82) is 0 Å². The number of rotatable bonds is 4. The molecular weight excluding hydrogens is 398 g/mol. The molecule has 0 radical (unpaired) electrons. The summed E-state index contributed by atoms with van der Waals surface area (Å²) in [5, 5.41) is 4.45. The first-order chi connectivity index (χ1) is 11.1. The predicted molar refractivity (Wildman–Crippen MR) is 97.2 cm³/mol. The zero-order valence-corrected chi connectivity index (χ0v) is 14.9. The van der Waals surface area contributed by atoms with E-state index in [-0.39, 0.29) is 0 Å². The third kappa shape index (κ3) is 4.13. The summed E-state index contributed by atoms with van der Waals surface area (Å²) in [6.07, 6.45) is 3.17. The highest BCUT2D eigenvalue weighted by atomic mass is 79.9. The van der Waals surface area contributed by atoms with Gasteiger partial charge in [-0.25, -0.2) is 15.0 Å². The van der Waals surface area contributed by atoms with Gasteiger partial charge in [-0.15, -0.1) is 0 Å². The topological polar surface area (TPSA) is 76.7 Å². The SMILES string of the molecule is Nc1c(Nc2ccc(Br)cn2)ncnc1Sc1ccc(Cl)cc1. The van der Waals surface area contributed by atoms with Crippen LogP contribution in [0.4, 0.5) is 17.3 Å². The van der Waals surface area contributed by atoms with Crippen molar-refractivity contribution < 1.29 is 0 Å². The van der Waals surface area contributed by atoms with Crippen LogP contribution in [0.2, 0.25) is 5.02 Å². The summed E-state index contributed by atoms with van der Waals surface area (Å²) in [4.78, 5) is 13.7.